The first kappa shape index (κ1) is 16.3. The summed E-state index contributed by atoms with van der Waals surface area (Å²) in [6.45, 7) is 4.03. The van der Waals surface area contributed by atoms with Gasteiger partial charge in [0.2, 0.25) is 5.91 Å². The molecule has 0 radical (unpaired) electrons. The van der Waals surface area contributed by atoms with Crippen molar-refractivity contribution in [2.45, 2.75) is 44.9 Å². The van der Waals surface area contributed by atoms with Gasteiger partial charge in [0.1, 0.15) is 11.9 Å². The Morgan fingerprint density at radius 2 is 2.04 bits per heavy atom. The van der Waals surface area contributed by atoms with Crippen LogP contribution in [0.3, 0.4) is 0 Å². The topological polar surface area (TPSA) is 47.4 Å². The first-order valence-electron chi connectivity index (χ1n) is 9.16. The lowest BCUT2D eigenvalue weighted by atomic mass is 10.0. The number of aromatic nitrogens is 2. The van der Waals surface area contributed by atoms with Crippen LogP contribution >= 0.6 is 0 Å². The number of morpholine rings is 1. The second-order valence-electron chi connectivity index (χ2n) is 7.13. The average molecular weight is 339 g/mol. The highest BCUT2D eigenvalue weighted by molar-refractivity contribution is 5.76. The van der Waals surface area contributed by atoms with Gasteiger partial charge in [0.15, 0.2) is 0 Å². The Labute approximate surface area is 148 Å². The molecule has 5 heteroatoms. The number of aryl methyl sites for hydroxylation is 2. The van der Waals surface area contributed by atoms with E-state index in [-0.39, 0.29) is 18.1 Å². The van der Waals surface area contributed by atoms with Crippen LogP contribution in [0.2, 0.25) is 0 Å². The summed E-state index contributed by atoms with van der Waals surface area (Å²) in [5.41, 5.74) is 1.16. The fraction of sp³-hybridized carbons (Fsp3) is 0.500. The zero-order valence-electron chi connectivity index (χ0n) is 14.7. The molecular formula is C20H25N3O2. The number of amides is 1. The molecule has 1 aliphatic carbocycles. The van der Waals surface area contributed by atoms with Crippen LogP contribution in [0.15, 0.2) is 42.7 Å². The molecule has 0 spiro atoms. The van der Waals surface area contributed by atoms with Gasteiger partial charge in [-0.15, -0.1) is 0 Å². The molecule has 1 saturated carbocycles. The second-order valence-corrected chi connectivity index (χ2v) is 7.13. The molecule has 5 nitrogen and oxygen atoms in total. The van der Waals surface area contributed by atoms with Gasteiger partial charge >= 0.3 is 0 Å². The van der Waals surface area contributed by atoms with E-state index >= 15 is 0 Å². The van der Waals surface area contributed by atoms with E-state index in [0.29, 0.717) is 25.4 Å². The van der Waals surface area contributed by atoms with E-state index in [4.69, 9.17) is 4.74 Å². The molecule has 2 aromatic rings. The molecule has 25 heavy (non-hydrogen) atoms. The van der Waals surface area contributed by atoms with Crippen LogP contribution in [0.4, 0.5) is 0 Å². The van der Waals surface area contributed by atoms with Gasteiger partial charge in [0.25, 0.3) is 0 Å². The number of benzene rings is 1. The highest BCUT2D eigenvalue weighted by Gasteiger charge is 2.39. The van der Waals surface area contributed by atoms with Gasteiger partial charge in [-0.05, 0) is 31.2 Å². The number of rotatable bonds is 5. The second kappa shape index (κ2) is 7.00. The van der Waals surface area contributed by atoms with Gasteiger partial charge in [-0.1, -0.05) is 30.3 Å². The first-order chi connectivity index (χ1) is 12.2. The van der Waals surface area contributed by atoms with Crippen molar-refractivity contribution in [1.82, 2.24) is 14.5 Å². The molecule has 2 fully saturated rings. The maximum absolute atomic E-state index is 12.8. The number of hydrogen-bond acceptors (Lipinski definition) is 3. The summed E-state index contributed by atoms with van der Waals surface area (Å²) in [7, 11) is 0. The maximum Gasteiger partial charge on any atom is 0.224 e. The molecule has 1 aromatic carbocycles. The molecule has 0 bridgehead atoms. The molecule has 0 unspecified atom stereocenters. The van der Waals surface area contributed by atoms with Crippen molar-refractivity contribution >= 4 is 5.91 Å². The van der Waals surface area contributed by atoms with Crippen molar-refractivity contribution in [1.29, 1.82) is 0 Å². The van der Waals surface area contributed by atoms with Crippen LogP contribution in [-0.2, 0) is 16.1 Å². The third kappa shape index (κ3) is 3.76. The fourth-order valence-electron chi connectivity index (χ4n) is 3.59. The summed E-state index contributed by atoms with van der Waals surface area (Å²) >= 11 is 0. The number of imidazole rings is 1. The maximum atomic E-state index is 12.8. The summed E-state index contributed by atoms with van der Waals surface area (Å²) < 4.78 is 8.37. The molecule has 1 aromatic heterocycles. The van der Waals surface area contributed by atoms with Crippen molar-refractivity contribution in [3.8, 4) is 0 Å². The number of hydrogen-bond donors (Lipinski definition) is 0. The van der Waals surface area contributed by atoms with Gasteiger partial charge < -0.3 is 14.2 Å². The molecule has 2 aliphatic rings. The van der Waals surface area contributed by atoms with E-state index < -0.39 is 0 Å². The van der Waals surface area contributed by atoms with Gasteiger partial charge in [-0.2, -0.15) is 0 Å². The lowest BCUT2D eigenvalue weighted by molar-refractivity contribution is -0.148. The largest absolute Gasteiger partial charge is 0.366 e. The third-order valence-electron chi connectivity index (χ3n) is 5.29. The van der Waals surface area contributed by atoms with Crippen LogP contribution in [0, 0.1) is 12.8 Å². The van der Waals surface area contributed by atoms with Crippen molar-refractivity contribution in [3.63, 3.8) is 0 Å². The highest BCUT2D eigenvalue weighted by Crippen LogP contribution is 2.39. The first-order valence-corrected chi connectivity index (χ1v) is 9.16. The smallest absolute Gasteiger partial charge is 0.224 e. The van der Waals surface area contributed by atoms with Crippen molar-refractivity contribution < 1.29 is 9.53 Å². The normalized spacial score (nSPS) is 23.6. The van der Waals surface area contributed by atoms with Crippen molar-refractivity contribution in [2.24, 2.45) is 5.92 Å². The summed E-state index contributed by atoms with van der Waals surface area (Å²) in [6.07, 6.45) is 6.84. The molecule has 0 N–H and O–H groups in total. The van der Waals surface area contributed by atoms with E-state index in [1.165, 1.54) is 12.8 Å². The summed E-state index contributed by atoms with van der Waals surface area (Å²) in [6, 6.07) is 10.3. The minimum atomic E-state index is -0.0144. The van der Waals surface area contributed by atoms with Crippen molar-refractivity contribution in [3.05, 3.63) is 54.1 Å². The number of nitrogens with zero attached hydrogens (tertiary/aromatic N) is 3. The lowest BCUT2D eigenvalue weighted by Crippen LogP contribution is -2.47. The monoisotopic (exact) mass is 339 g/mol. The van der Waals surface area contributed by atoms with Crippen LogP contribution < -0.4 is 0 Å². The molecule has 4 rings (SSSR count). The molecule has 1 saturated heterocycles. The molecule has 1 amide bonds. The Bertz CT molecular complexity index is 724. The Morgan fingerprint density at radius 3 is 2.72 bits per heavy atom. The van der Waals surface area contributed by atoms with Crippen LogP contribution in [-0.4, -0.2) is 39.6 Å². The number of ether oxygens (including phenoxy) is 1. The quantitative estimate of drug-likeness (QED) is 0.841. The van der Waals surface area contributed by atoms with Crippen LogP contribution in [0.5, 0.6) is 0 Å². The van der Waals surface area contributed by atoms with Gasteiger partial charge in [0.05, 0.1) is 12.6 Å². The Hall–Kier alpha value is -2.14. The SMILES string of the molecule is Cc1nccn1CCC(=O)N1C[C@@H](c2ccccc2)O[C@@H](C2CC2)C1. The van der Waals surface area contributed by atoms with Crippen LogP contribution in [0.25, 0.3) is 0 Å². The Kier molecular flexibility index (Phi) is 4.57. The van der Waals surface area contributed by atoms with E-state index in [9.17, 15) is 4.79 Å². The lowest BCUT2D eigenvalue weighted by Gasteiger charge is -2.38. The summed E-state index contributed by atoms with van der Waals surface area (Å²) in [4.78, 5) is 19.0. The van der Waals surface area contributed by atoms with E-state index in [1.54, 1.807) is 6.20 Å². The molecule has 2 heterocycles. The molecular weight excluding hydrogens is 314 g/mol. The van der Waals surface area contributed by atoms with E-state index in [2.05, 4.69) is 17.1 Å². The van der Waals surface area contributed by atoms with Gasteiger partial charge in [-0.25, -0.2) is 4.98 Å². The zero-order valence-corrected chi connectivity index (χ0v) is 14.7. The minimum absolute atomic E-state index is 0.0144. The molecule has 2 atom stereocenters. The number of carbonyl (C=O) groups is 1. The average Bonchev–Trinajstić information content (AvgIpc) is 3.43. The molecule has 1 aliphatic heterocycles. The van der Waals surface area contributed by atoms with Crippen LogP contribution in [0.1, 0.15) is 36.8 Å². The highest BCUT2D eigenvalue weighted by atomic mass is 16.5. The Morgan fingerprint density at radius 1 is 1.24 bits per heavy atom. The number of carbonyl (C=O) groups excluding carboxylic acids is 1. The Balaban J connectivity index is 1.43. The summed E-state index contributed by atoms with van der Waals surface area (Å²) in [5.74, 6) is 1.79. The van der Waals surface area contributed by atoms with Crippen molar-refractivity contribution in [2.75, 3.05) is 13.1 Å². The fourth-order valence-corrected chi connectivity index (χ4v) is 3.59. The zero-order chi connectivity index (χ0) is 17.2. The third-order valence-corrected chi connectivity index (χ3v) is 5.29. The van der Waals surface area contributed by atoms with Gasteiger partial charge in [0, 0.05) is 31.9 Å². The standard InChI is InChI=1S/C20H25N3O2/c1-15-21-10-12-22(15)11-9-20(24)23-13-18(16-5-3-2-4-6-16)25-19(14-23)17-7-8-17/h2-6,10,12,17-19H,7-9,11,13-14H2,1H3/t18-,19+/m0/s1. The minimum Gasteiger partial charge on any atom is -0.366 e. The predicted molar refractivity (Wildman–Crippen MR) is 94.9 cm³/mol. The summed E-state index contributed by atoms with van der Waals surface area (Å²) in [5, 5.41) is 0. The molecule has 132 valence electrons. The van der Waals surface area contributed by atoms with E-state index in [0.717, 1.165) is 17.9 Å². The predicted octanol–water partition coefficient (Wildman–Crippen LogP) is 2.96. The van der Waals surface area contributed by atoms with E-state index in [1.807, 2.05) is 40.8 Å². The van der Waals surface area contributed by atoms with Gasteiger partial charge in [-0.3, -0.25) is 4.79 Å².